The highest BCUT2D eigenvalue weighted by molar-refractivity contribution is 6.31. The van der Waals surface area contributed by atoms with Crippen molar-refractivity contribution >= 4 is 34.3 Å². The van der Waals surface area contributed by atoms with E-state index in [0.29, 0.717) is 22.8 Å². The van der Waals surface area contributed by atoms with E-state index >= 15 is 0 Å². The van der Waals surface area contributed by atoms with E-state index in [4.69, 9.17) is 17.3 Å². The number of halogens is 1. The molecule has 2 aromatic rings. The summed E-state index contributed by atoms with van der Waals surface area (Å²) >= 11 is 6.04. The Morgan fingerprint density at radius 1 is 1.29 bits per heavy atom. The van der Waals surface area contributed by atoms with E-state index < -0.39 is 0 Å². The van der Waals surface area contributed by atoms with Crippen LogP contribution in [0.1, 0.15) is 35.8 Å². The summed E-state index contributed by atoms with van der Waals surface area (Å²) in [5.74, 6) is -0.742. The summed E-state index contributed by atoms with van der Waals surface area (Å²) in [6.45, 7) is 4.18. The van der Waals surface area contributed by atoms with Gasteiger partial charge in [0.1, 0.15) is 0 Å². The molecular formula is C18H20ClN3O2. The van der Waals surface area contributed by atoms with E-state index in [1.165, 1.54) is 0 Å². The maximum Gasteiger partial charge on any atom is 0.255 e. The molecule has 2 amide bonds. The van der Waals surface area contributed by atoms with Crippen LogP contribution in [0.4, 0.5) is 0 Å². The third-order valence-corrected chi connectivity index (χ3v) is 4.98. The van der Waals surface area contributed by atoms with Crippen LogP contribution in [0, 0.1) is 12.8 Å². The first kappa shape index (κ1) is 16.7. The number of carbonyl (C=O) groups is 2. The molecule has 126 valence electrons. The van der Waals surface area contributed by atoms with Gasteiger partial charge in [-0.1, -0.05) is 11.6 Å². The summed E-state index contributed by atoms with van der Waals surface area (Å²) in [7, 11) is 0. The SMILES string of the molecule is Cc1nc2ccc(Cl)cc2cc1C(=O)N1CC(C(N)=O)CCC1C. The number of amides is 2. The lowest BCUT2D eigenvalue weighted by Gasteiger charge is -2.37. The fourth-order valence-corrected chi connectivity index (χ4v) is 3.42. The minimum absolute atomic E-state index is 0.0718. The van der Waals surface area contributed by atoms with E-state index in [2.05, 4.69) is 4.98 Å². The second kappa shape index (κ2) is 6.40. The van der Waals surface area contributed by atoms with Crippen LogP contribution in [0.5, 0.6) is 0 Å². The standard InChI is InChI=1S/C18H20ClN3O2/c1-10-3-4-12(17(20)23)9-22(10)18(24)15-8-13-7-14(19)5-6-16(13)21-11(15)2/h5-8,10,12H,3-4,9H2,1-2H3,(H2,20,23). The van der Waals surface area contributed by atoms with Crippen LogP contribution >= 0.6 is 11.6 Å². The number of nitrogens with zero attached hydrogens (tertiary/aromatic N) is 2. The van der Waals surface area contributed by atoms with Gasteiger partial charge in [0.05, 0.1) is 22.7 Å². The molecule has 2 unspecified atom stereocenters. The van der Waals surface area contributed by atoms with Crippen molar-refractivity contribution in [3.05, 3.63) is 40.5 Å². The molecule has 1 aliphatic heterocycles. The summed E-state index contributed by atoms with van der Waals surface area (Å²) in [5.41, 5.74) is 7.44. The fourth-order valence-electron chi connectivity index (χ4n) is 3.24. The Bertz CT molecular complexity index is 821. The summed E-state index contributed by atoms with van der Waals surface area (Å²) in [5, 5.41) is 1.43. The number of piperidine rings is 1. The second-order valence-electron chi connectivity index (χ2n) is 6.44. The van der Waals surface area contributed by atoms with Gasteiger partial charge in [0.25, 0.3) is 5.91 Å². The fraction of sp³-hybridized carbons (Fsp3) is 0.389. The van der Waals surface area contributed by atoms with Crippen molar-refractivity contribution in [3.63, 3.8) is 0 Å². The van der Waals surface area contributed by atoms with Gasteiger partial charge in [-0.3, -0.25) is 14.6 Å². The zero-order valence-corrected chi connectivity index (χ0v) is 14.5. The molecule has 1 aromatic carbocycles. The first-order valence-electron chi connectivity index (χ1n) is 8.04. The largest absolute Gasteiger partial charge is 0.369 e. The molecule has 2 atom stereocenters. The van der Waals surface area contributed by atoms with Crippen LogP contribution in [-0.4, -0.2) is 34.3 Å². The Labute approximate surface area is 145 Å². The number of likely N-dealkylation sites (tertiary alicyclic amines) is 1. The molecule has 5 nitrogen and oxygen atoms in total. The highest BCUT2D eigenvalue weighted by Gasteiger charge is 2.32. The number of aryl methyl sites for hydroxylation is 1. The summed E-state index contributed by atoms with van der Waals surface area (Å²) in [6.07, 6.45) is 1.50. The summed E-state index contributed by atoms with van der Waals surface area (Å²) in [4.78, 5) is 30.8. The number of primary amides is 1. The lowest BCUT2D eigenvalue weighted by Crippen LogP contribution is -2.48. The van der Waals surface area contributed by atoms with Crippen LogP contribution in [-0.2, 0) is 4.79 Å². The van der Waals surface area contributed by atoms with Crippen LogP contribution in [0.3, 0.4) is 0 Å². The zero-order chi connectivity index (χ0) is 17.4. The van der Waals surface area contributed by atoms with Gasteiger partial charge in [-0.25, -0.2) is 0 Å². The maximum atomic E-state index is 13.0. The molecule has 0 saturated carbocycles. The Morgan fingerprint density at radius 2 is 2.04 bits per heavy atom. The Balaban J connectivity index is 1.97. The highest BCUT2D eigenvalue weighted by atomic mass is 35.5. The topological polar surface area (TPSA) is 76.3 Å². The quantitative estimate of drug-likeness (QED) is 0.909. The number of nitrogens with two attached hydrogens (primary N) is 1. The van der Waals surface area contributed by atoms with Crippen molar-refractivity contribution in [1.29, 1.82) is 0 Å². The van der Waals surface area contributed by atoms with E-state index in [1.807, 2.05) is 26.0 Å². The minimum atomic E-state index is -0.347. The zero-order valence-electron chi connectivity index (χ0n) is 13.8. The molecule has 6 heteroatoms. The molecule has 2 heterocycles. The molecular weight excluding hydrogens is 326 g/mol. The van der Waals surface area contributed by atoms with Crippen molar-refractivity contribution in [1.82, 2.24) is 9.88 Å². The maximum absolute atomic E-state index is 13.0. The lowest BCUT2D eigenvalue weighted by atomic mass is 9.92. The number of aromatic nitrogens is 1. The third-order valence-electron chi connectivity index (χ3n) is 4.74. The van der Waals surface area contributed by atoms with Crippen molar-refractivity contribution in [2.45, 2.75) is 32.7 Å². The van der Waals surface area contributed by atoms with Crippen molar-refractivity contribution in [2.24, 2.45) is 11.7 Å². The molecule has 1 saturated heterocycles. The van der Waals surface area contributed by atoms with Gasteiger partial charge in [-0.15, -0.1) is 0 Å². The van der Waals surface area contributed by atoms with Gasteiger partial charge >= 0.3 is 0 Å². The average molecular weight is 346 g/mol. The van der Waals surface area contributed by atoms with Crippen LogP contribution in [0.2, 0.25) is 5.02 Å². The van der Waals surface area contributed by atoms with Crippen molar-refractivity contribution in [3.8, 4) is 0 Å². The molecule has 2 N–H and O–H groups in total. The summed E-state index contributed by atoms with van der Waals surface area (Å²) < 4.78 is 0. The molecule has 1 aromatic heterocycles. The van der Waals surface area contributed by atoms with Gasteiger partial charge in [-0.05, 0) is 51.0 Å². The molecule has 0 aliphatic carbocycles. The van der Waals surface area contributed by atoms with E-state index in [0.717, 1.165) is 23.7 Å². The normalized spacial score (nSPS) is 21.0. The third kappa shape index (κ3) is 3.08. The van der Waals surface area contributed by atoms with Crippen LogP contribution < -0.4 is 5.73 Å². The number of rotatable bonds is 2. The smallest absolute Gasteiger partial charge is 0.255 e. The van der Waals surface area contributed by atoms with Gasteiger partial charge in [0, 0.05) is 23.0 Å². The first-order valence-corrected chi connectivity index (χ1v) is 8.42. The Hall–Kier alpha value is -2.14. The van der Waals surface area contributed by atoms with Gasteiger partial charge in [0.2, 0.25) is 5.91 Å². The number of hydrogen-bond acceptors (Lipinski definition) is 3. The average Bonchev–Trinajstić information content (AvgIpc) is 2.54. The molecule has 0 radical (unpaired) electrons. The Kier molecular flexibility index (Phi) is 4.45. The predicted molar refractivity (Wildman–Crippen MR) is 93.9 cm³/mol. The van der Waals surface area contributed by atoms with E-state index in [-0.39, 0.29) is 23.8 Å². The molecule has 1 fully saturated rings. The molecule has 3 rings (SSSR count). The molecule has 0 spiro atoms. The van der Waals surface area contributed by atoms with Gasteiger partial charge < -0.3 is 10.6 Å². The van der Waals surface area contributed by atoms with E-state index in [9.17, 15) is 9.59 Å². The number of benzene rings is 1. The monoisotopic (exact) mass is 345 g/mol. The molecule has 24 heavy (non-hydrogen) atoms. The number of fused-ring (bicyclic) bond motifs is 1. The Morgan fingerprint density at radius 3 is 2.75 bits per heavy atom. The predicted octanol–water partition coefficient (Wildman–Crippen LogP) is 2.92. The van der Waals surface area contributed by atoms with Gasteiger partial charge in [0.15, 0.2) is 0 Å². The van der Waals surface area contributed by atoms with Crippen LogP contribution in [0.15, 0.2) is 24.3 Å². The number of carbonyl (C=O) groups excluding carboxylic acids is 2. The minimum Gasteiger partial charge on any atom is -0.369 e. The summed E-state index contributed by atoms with van der Waals surface area (Å²) in [6, 6.07) is 7.31. The first-order chi connectivity index (χ1) is 11.4. The molecule has 1 aliphatic rings. The van der Waals surface area contributed by atoms with Crippen LogP contribution in [0.25, 0.3) is 10.9 Å². The lowest BCUT2D eigenvalue weighted by molar-refractivity contribution is -0.123. The second-order valence-corrected chi connectivity index (χ2v) is 6.88. The number of hydrogen-bond donors (Lipinski definition) is 1. The highest BCUT2D eigenvalue weighted by Crippen LogP contribution is 2.26. The van der Waals surface area contributed by atoms with Crippen molar-refractivity contribution < 1.29 is 9.59 Å². The van der Waals surface area contributed by atoms with E-state index in [1.54, 1.807) is 17.0 Å². The van der Waals surface area contributed by atoms with Crippen molar-refractivity contribution in [2.75, 3.05) is 6.54 Å². The van der Waals surface area contributed by atoms with Gasteiger partial charge in [-0.2, -0.15) is 0 Å². The molecule has 0 bridgehead atoms. The number of pyridine rings is 1.